The van der Waals surface area contributed by atoms with Crippen molar-refractivity contribution in [2.45, 2.75) is 38.1 Å². The molecule has 27 heavy (non-hydrogen) atoms. The van der Waals surface area contributed by atoms with Gasteiger partial charge in [-0.05, 0) is 48.2 Å². The molecule has 4 aromatic rings. The molecular weight excluding hydrogens is 334 g/mol. The van der Waals surface area contributed by atoms with E-state index >= 15 is 0 Å². The van der Waals surface area contributed by atoms with E-state index in [1.807, 2.05) is 53.2 Å². The molecule has 0 spiro atoms. The van der Waals surface area contributed by atoms with Crippen LogP contribution in [-0.4, -0.2) is 14.5 Å². The Bertz CT molecular complexity index is 1180. The molecule has 1 aliphatic rings. The number of hydrogen-bond acceptors (Lipinski definition) is 3. The van der Waals surface area contributed by atoms with Gasteiger partial charge in [-0.1, -0.05) is 43.5 Å². The molecule has 1 fully saturated rings. The van der Waals surface area contributed by atoms with E-state index in [1.165, 1.54) is 19.3 Å². The van der Waals surface area contributed by atoms with E-state index in [9.17, 15) is 4.79 Å². The van der Waals surface area contributed by atoms with Crippen LogP contribution in [0.15, 0.2) is 65.8 Å². The third-order valence-corrected chi connectivity index (χ3v) is 5.71. The minimum Gasteiger partial charge on any atom is -0.296 e. The molecule has 0 unspecified atom stereocenters. The summed E-state index contributed by atoms with van der Waals surface area (Å²) in [5.74, 6) is 0. The molecular formula is C23H21N3O. The predicted molar refractivity (Wildman–Crippen MR) is 109 cm³/mol. The Morgan fingerprint density at radius 1 is 0.852 bits per heavy atom. The number of rotatable bonds is 2. The van der Waals surface area contributed by atoms with Gasteiger partial charge < -0.3 is 0 Å². The number of benzene rings is 2. The van der Waals surface area contributed by atoms with Gasteiger partial charge in [0.25, 0.3) is 5.56 Å². The maximum absolute atomic E-state index is 13.2. The molecule has 0 saturated heterocycles. The highest BCUT2D eigenvalue weighted by Gasteiger charge is 2.18. The maximum atomic E-state index is 13.2. The SMILES string of the molecule is O=c1c2cc(-c3ccnc4ccccc34)ccc2ncn1C1CCCCC1. The zero-order valence-electron chi connectivity index (χ0n) is 15.1. The minimum atomic E-state index is 0.0760. The highest BCUT2D eigenvalue weighted by Crippen LogP contribution is 2.30. The number of fused-ring (bicyclic) bond motifs is 2. The van der Waals surface area contributed by atoms with Gasteiger partial charge in [0, 0.05) is 17.6 Å². The fourth-order valence-corrected chi connectivity index (χ4v) is 4.27. The summed E-state index contributed by atoms with van der Waals surface area (Å²) in [6, 6.07) is 16.4. The van der Waals surface area contributed by atoms with Crippen LogP contribution < -0.4 is 5.56 Å². The van der Waals surface area contributed by atoms with Crippen LogP contribution in [0.25, 0.3) is 32.9 Å². The summed E-state index contributed by atoms with van der Waals surface area (Å²) in [5, 5.41) is 1.79. The van der Waals surface area contributed by atoms with Gasteiger partial charge in [-0.2, -0.15) is 0 Å². The predicted octanol–water partition coefficient (Wildman–Crippen LogP) is 5.12. The molecule has 4 heteroatoms. The first kappa shape index (κ1) is 16.2. The quantitative estimate of drug-likeness (QED) is 0.501. The van der Waals surface area contributed by atoms with Crippen molar-refractivity contribution >= 4 is 21.8 Å². The Balaban J connectivity index is 1.68. The van der Waals surface area contributed by atoms with Gasteiger partial charge in [-0.15, -0.1) is 0 Å². The zero-order chi connectivity index (χ0) is 18.2. The van der Waals surface area contributed by atoms with E-state index in [0.717, 1.165) is 40.4 Å². The lowest BCUT2D eigenvalue weighted by molar-refractivity contribution is 0.345. The van der Waals surface area contributed by atoms with Crippen molar-refractivity contribution in [3.8, 4) is 11.1 Å². The Morgan fingerprint density at radius 3 is 2.56 bits per heavy atom. The Morgan fingerprint density at radius 2 is 1.67 bits per heavy atom. The van der Waals surface area contributed by atoms with E-state index in [0.29, 0.717) is 5.39 Å². The van der Waals surface area contributed by atoms with Gasteiger partial charge in [0.2, 0.25) is 0 Å². The Hall–Kier alpha value is -3.01. The van der Waals surface area contributed by atoms with Crippen molar-refractivity contribution in [1.29, 1.82) is 0 Å². The number of pyridine rings is 1. The summed E-state index contributed by atoms with van der Waals surface area (Å²) in [7, 11) is 0. The van der Waals surface area contributed by atoms with E-state index in [2.05, 4.69) is 16.0 Å². The summed E-state index contributed by atoms with van der Waals surface area (Å²) in [4.78, 5) is 22.2. The monoisotopic (exact) mass is 355 g/mol. The van der Waals surface area contributed by atoms with Crippen LogP contribution >= 0.6 is 0 Å². The second-order valence-corrected chi connectivity index (χ2v) is 7.36. The van der Waals surface area contributed by atoms with Crippen molar-refractivity contribution < 1.29 is 0 Å². The summed E-state index contributed by atoms with van der Waals surface area (Å²) in [5.41, 5.74) is 3.92. The van der Waals surface area contributed by atoms with Crippen LogP contribution in [0.5, 0.6) is 0 Å². The van der Waals surface area contributed by atoms with Gasteiger partial charge in [0.15, 0.2) is 0 Å². The van der Waals surface area contributed by atoms with E-state index < -0.39 is 0 Å². The van der Waals surface area contributed by atoms with E-state index in [1.54, 1.807) is 6.33 Å². The first-order valence-electron chi connectivity index (χ1n) is 9.66. The third kappa shape index (κ3) is 2.81. The van der Waals surface area contributed by atoms with Crippen molar-refractivity contribution in [1.82, 2.24) is 14.5 Å². The second kappa shape index (κ2) is 6.62. The number of aromatic nitrogens is 3. The molecule has 0 radical (unpaired) electrons. The van der Waals surface area contributed by atoms with Gasteiger partial charge in [0.05, 0.1) is 22.7 Å². The average Bonchev–Trinajstić information content (AvgIpc) is 2.74. The lowest BCUT2D eigenvalue weighted by Gasteiger charge is -2.23. The van der Waals surface area contributed by atoms with Crippen LogP contribution in [0.1, 0.15) is 38.1 Å². The summed E-state index contributed by atoms with van der Waals surface area (Å²) in [6.07, 6.45) is 9.36. The molecule has 2 heterocycles. The largest absolute Gasteiger partial charge is 0.296 e. The van der Waals surface area contributed by atoms with Crippen molar-refractivity contribution in [2.24, 2.45) is 0 Å². The summed E-state index contributed by atoms with van der Waals surface area (Å²) >= 11 is 0. The molecule has 0 amide bonds. The fraction of sp³-hybridized carbons (Fsp3) is 0.261. The van der Waals surface area contributed by atoms with Gasteiger partial charge in [0.1, 0.15) is 0 Å². The highest BCUT2D eigenvalue weighted by atomic mass is 16.1. The molecule has 1 aliphatic carbocycles. The minimum absolute atomic E-state index is 0.0760. The number of nitrogens with zero attached hydrogens (tertiary/aromatic N) is 3. The topological polar surface area (TPSA) is 47.8 Å². The molecule has 2 aromatic carbocycles. The smallest absolute Gasteiger partial charge is 0.261 e. The molecule has 134 valence electrons. The van der Waals surface area contributed by atoms with Crippen LogP contribution in [0.3, 0.4) is 0 Å². The molecule has 0 N–H and O–H groups in total. The molecule has 0 bridgehead atoms. The van der Waals surface area contributed by atoms with Crippen LogP contribution in [0.4, 0.5) is 0 Å². The second-order valence-electron chi connectivity index (χ2n) is 7.36. The van der Waals surface area contributed by atoms with Crippen molar-refractivity contribution in [3.05, 3.63) is 71.4 Å². The zero-order valence-corrected chi connectivity index (χ0v) is 15.1. The standard InChI is InChI=1S/C23H21N3O/c27-23-20-14-16(18-12-13-24-21-9-5-4-8-19(18)21)10-11-22(20)25-15-26(23)17-6-2-1-3-7-17/h4-5,8-15,17H,1-3,6-7H2. The fourth-order valence-electron chi connectivity index (χ4n) is 4.27. The Labute approximate surface area is 157 Å². The maximum Gasteiger partial charge on any atom is 0.261 e. The normalized spacial score (nSPS) is 15.4. The van der Waals surface area contributed by atoms with Crippen LogP contribution in [0.2, 0.25) is 0 Å². The van der Waals surface area contributed by atoms with Crippen LogP contribution in [0, 0.1) is 0 Å². The molecule has 0 atom stereocenters. The summed E-state index contributed by atoms with van der Waals surface area (Å²) in [6.45, 7) is 0. The lowest BCUT2D eigenvalue weighted by Crippen LogP contribution is -2.26. The number of hydrogen-bond donors (Lipinski definition) is 0. The van der Waals surface area contributed by atoms with Crippen molar-refractivity contribution in [2.75, 3.05) is 0 Å². The van der Waals surface area contributed by atoms with Gasteiger partial charge in [-0.25, -0.2) is 4.98 Å². The summed E-state index contributed by atoms with van der Waals surface area (Å²) < 4.78 is 1.86. The molecule has 1 saturated carbocycles. The third-order valence-electron chi connectivity index (χ3n) is 5.71. The first-order valence-corrected chi connectivity index (χ1v) is 9.66. The molecule has 0 aliphatic heterocycles. The number of para-hydroxylation sites is 1. The molecule has 4 nitrogen and oxygen atoms in total. The molecule has 2 aromatic heterocycles. The Kier molecular flexibility index (Phi) is 3.97. The van der Waals surface area contributed by atoms with Crippen molar-refractivity contribution in [3.63, 3.8) is 0 Å². The van der Waals surface area contributed by atoms with E-state index in [-0.39, 0.29) is 11.6 Å². The van der Waals surface area contributed by atoms with E-state index in [4.69, 9.17) is 0 Å². The average molecular weight is 355 g/mol. The molecule has 5 rings (SSSR count). The lowest BCUT2D eigenvalue weighted by atomic mass is 9.95. The first-order chi connectivity index (χ1) is 13.3. The van der Waals surface area contributed by atoms with Gasteiger partial charge >= 0.3 is 0 Å². The van der Waals surface area contributed by atoms with Gasteiger partial charge in [-0.3, -0.25) is 14.3 Å². The highest BCUT2D eigenvalue weighted by molar-refractivity contribution is 5.96. The van der Waals surface area contributed by atoms with Crippen LogP contribution in [-0.2, 0) is 0 Å².